The quantitative estimate of drug-likeness (QED) is 0.724. The van der Waals surface area contributed by atoms with E-state index in [0.29, 0.717) is 6.04 Å². The maximum absolute atomic E-state index is 3.96. The third-order valence-corrected chi connectivity index (χ3v) is 3.35. The summed E-state index contributed by atoms with van der Waals surface area (Å²) in [7, 11) is 0. The summed E-state index contributed by atoms with van der Waals surface area (Å²) in [4.78, 5) is 0. The Kier molecular flexibility index (Phi) is 5.62. The predicted molar refractivity (Wildman–Crippen MR) is 70.9 cm³/mol. The van der Waals surface area contributed by atoms with Gasteiger partial charge in [-0.1, -0.05) is 38.7 Å². The zero-order chi connectivity index (χ0) is 11.1. The molecule has 2 aliphatic rings. The average molecular weight is 223 g/mol. The Hall–Kier alpha value is -0.630. The van der Waals surface area contributed by atoms with Gasteiger partial charge in [-0.2, -0.15) is 0 Å². The first kappa shape index (κ1) is 12.4. The molecule has 0 aromatic rings. The van der Waals surface area contributed by atoms with Crippen molar-refractivity contribution in [3.8, 4) is 0 Å². The molecular formula is C13H21NS. The summed E-state index contributed by atoms with van der Waals surface area (Å²) in [6, 6.07) is 0.519. The third kappa shape index (κ3) is 3.78. The largest absolute Gasteiger partial charge is 0.374 e. The van der Waals surface area contributed by atoms with Crippen molar-refractivity contribution in [2.75, 3.05) is 5.75 Å². The van der Waals surface area contributed by atoms with E-state index in [-0.39, 0.29) is 0 Å². The fourth-order valence-electron chi connectivity index (χ4n) is 1.75. The van der Waals surface area contributed by atoms with Gasteiger partial charge in [0.2, 0.25) is 0 Å². The topological polar surface area (TPSA) is 12.0 Å². The van der Waals surface area contributed by atoms with Gasteiger partial charge in [-0.15, -0.1) is 11.8 Å². The molecule has 1 atom stereocenters. The maximum atomic E-state index is 3.96. The van der Waals surface area contributed by atoms with E-state index < -0.39 is 0 Å². The lowest BCUT2D eigenvalue weighted by Crippen LogP contribution is -2.33. The molecule has 2 rings (SSSR count). The highest BCUT2D eigenvalue weighted by Gasteiger charge is 2.17. The summed E-state index contributed by atoms with van der Waals surface area (Å²) in [6.45, 7) is 7.96. The molecule has 84 valence electrons. The van der Waals surface area contributed by atoms with Crippen molar-refractivity contribution in [1.82, 2.24) is 5.32 Å². The summed E-state index contributed by atoms with van der Waals surface area (Å²) >= 11 is 1.83. The van der Waals surface area contributed by atoms with E-state index in [0.717, 1.165) is 5.03 Å². The standard InChI is InChI=1S/C11H15NS.C2H6/c1-9-12-11(7-8-13-9)10-5-3-2-4-6-10;1-2/h3,5-6,11-12H,1-2,4,7-8H2;1-2H3. The summed E-state index contributed by atoms with van der Waals surface area (Å²) in [6.07, 6.45) is 10.5. The number of nitrogens with one attached hydrogen (secondary N) is 1. The summed E-state index contributed by atoms with van der Waals surface area (Å²) in [5, 5.41) is 4.56. The predicted octanol–water partition coefficient (Wildman–Crippen LogP) is 3.86. The van der Waals surface area contributed by atoms with Crippen LogP contribution in [0.4, 0.5) is 0 Å². The summed E-state index contributed by atoms with van der Waals surface area (Å²) in [5.74, 6) is 1.20. The molecular weight excluding hydrogens is 202 g/mol. The van der Waals surface area contributed by atoms with Gasteiger partial charge >= 0.3 is 0 Å². The number of hydrogen-bond acceptors (Lipinski definition) is 2. The Morgan fingerprint density at radius 3 is 2.80 bits per heavy atom. The van der Waals surface area contributed by atoms with Crippen LogP contribution in [0.5, 0.6) is 0 Å². The lowest BCUT2D eigenvalue weighted by Gasteiger charge is -2.27. The van der Waals surface area contributed by atoms with Crippen molar-refractivity contribution in [3.05, 3.63) is 35.4 Å². The molecule has 0 radical (unpaired) electrons. The number of allylic oxidation sites excluding steroid dienone is 2. The summed E-state index contributed by atoms with van der Waals surface area (Å²) in [5.41, 5.74) is 1.45. The molecule has 1 aliphatic carbocycles. The fourth-order valence-corrected chi connectivity index (χ4v) is 2.58. The second-order valence-electron chi connectivity index (χ2n) is 3.44. The zero-order valence-corrected chi connectivity index (χ0v) is 10.6. The van der Waals surface area contributed by atoms with Crippen molar-refractivity contribution in [1.29, 1.82) is 0 Å². The SMILES string of the molecule is C=C1NC(C2=CCCC=C2)CCS1.CC. The van der Waals surface area contributed by atoms with E-state index >= 15 is 0 Å². The Balaban J connectivity index is 0.000000531. The number of hydrogen-bond donors (Lipinski definition) is 1. The first-order valence-electron chi connectivity index (χ1n) is 5.81. The molecule has 0 bridgehead atoms. The van der Waals surface area contributed by atoms with Crippen LogP contribution in [-0.2, 0) is 0 Å². The monoisotopic (exact) mass is 223 g/mol. The van der Waals surface area contributed by atoms with E-state index in [1.807, 2.05) is 25.6 Å². The van der Waals surface area contributed by atoms with Crippen molar-refractivity contribution >= 4 is 11.8 Å². The second-order valence-corrected chi connectivity index (χ2v) is 4.63. The van der Waals surface area contributed by atoms with Gasteiger partial charge in [0, 0.05) is 5.75 Å². The molecule has 1 nitrogen and oxygen atoms in total. The Bertz CT molecular complexity index is 266. The van der Waals surface area contributed by atoms with Crippen LogP contribution in [0.3, 0.4) is 0 Å². The zero-order valence-electron chi connectivity index (χ0n) is 9.75. The van der Waals surface area contributed by atoms with Crippen LogP contribution in [0.1, 0.15) is 33.1 Å². The van der Waals surface area contributed by atoms with Gasteiger partial charge in [0.25, 0.3) is 0 Å². The minimum atomic E-state index is 0.519. The van der Waals surface area contributed by atoms with E-state index in [1.54, 1.807) is 0 Å². The first-order chi connectivity index (χ1) is 7.36. The molecule has 0 amide bonds. The van der Waals surface area contributed by atoms with E-state index in [1.165, 1.54) is 30.6 Å². The molecule has 1 saturated heterocycles. The highest BCUT2D eigenvalue weighted by Crippen LogP contribution is 2.25. The van der Waals surface area contributed by atoms with Crippen LogP contribution < -0.4 is 5.32 Å². The van der Waals surface area contributed by atoms with E-state index in [4.69, 9.17) is 0 Å². The summed E-state index contributed by atoms with van der Waals surface area (Å²) < 4.78 is 0. The van der Waals surface area contributed by atoms with Gasteiger partial charge in [-0.25, -0.2) is 0 Å². The minimum Gasteiger partial charge on any atom is -0.374 e. The third-order valence-electron chi connectivity index (χ3n) is 2.44. The van der Waals surface area contributed by atoms with Crippen molar-refractivity contribution < 1.29 is 0 Å². The Morgan fingerprint density at radius 2 is 2.20 bits per heavy atom. The minimum absolute atomic E-state index is 0.519. The molecule has 1 heterocycles. The number of thioether (sulfide) groups is 1. The highest BCUT2D eigenvalue weighted by atomic mass is 32.2. The molecule has 1 fully saturated rings. The van der Waals surface area contributed by atoms with Crippen LogP contribution in [0.15, 0.2) is 35.4 Å². The fraction of sp³-hybridized carbons (Fsp3) is 0.538. The number of rotatable bonds is 1. The van der Waals surface area contributed by atoms with Crippen LogP contribution in [0.25, 0.3) is 0 Å². The maximum Gasteiger partial charge on any atom is 0.0612 e. The smallest absolute Gasteiger partial charge is 0.0612 e. The van der Waals surface area contributed by atoms with Crippen LogP contribution in [0.2, 0.25) is 0 Å². The van der Waals surface area contributed by atoms with E-state index in [2.05, 4.69) is 30.1 Å². The van der Waals surface area contributed by atoms with Crippen molar-refractivity contribution in [2.45, 2.75) is 39.2 Å². The highest BCUT2D eigenvalue weighted by molar-refractivity contribution is 8.03. The van der Waals surface area contributed by atoms with Crippen LogP contribution in [-0.4, -0.2) is 11.8 Å². The van der Waals surface area contributed by atoms with Crippen molar-refractivity contribution in [3.63, 3.8) is 0 Å². The van der Waals surface area contributed by atoms with E-state index in [9.17, 15) is 0 Å². The normalized spacial score (nSPS) is 24.8. The van der Waals surface area contributed by atoms with Gasteiger partial charge < -0.3 is 5.32 Å². The molecule has 0 aromatic heterocycles. The molecule has 0 aromatic carbocycles. The second kappa shape index (κ2) is 6.78. The van der Waals surface area contributed by atoms with Crippen molar-refractivity contribution in [2.24, 2.45) is 0 Å². The van der Waals surface area contributed by atoms with Gasteiger partial charge in [0.1, 0.15) is 0 Å². The van der Waals surface area contributed by atoms with Crippen LogP contribution >= 0.6 is 11.8 Å². The lowest BCUT2D eigenvalue weighted by atomic mass is 9.98. The molecule has 0 saturated carbocycles. The average Bonchev–Trinajstić information content (AvgIpc) is 2.33. The van der Waals surface area contributed by atoms with Gasteiger partial charge in [0.15, 0.2) is 0 Å². The lowest BCUT2D eigenvalue weighted by molar-refractivity contribution is 0.636. The first-order valence-corrected chi connectivity index (χ1v) is 6.79. The van der Waals surface area contributed by atoms with Crippen LogP contribution in [0, 0.1) is 0 Å². The Morgan fingerprint density at radius 1 is 1.40 bits per heavy atom. The van der Waals surface area contributed by atoms with Gasteiger partial charge in [0.05, 0.1) is 11.1 Å². The molecule has 1 N–H and O–H groups in total. The molecule has 1 aliphatic heterocycles. The molecule has 2 heteroatoms. The Labute approximate surface area is 97.7 Å². The molecule has 1 unspecified atom stereocenters. The molecule has 0 spiro atoms. The molecule has 15 heavy (non-hydrogen) atoms. The van der Waals surface area contributed by atoms with Gasteiger partial charge in [-0.05, 0) is 24.8 Å². The van der Waals surface area contributed by atoms with Gasteiger partial charge in [-0.3, -0.25) is 0 Å².